The largest absolute Gasteiger partial charge is 0.294 e. The molecule has 0 saturated heterocycles. The fraction of sp³-hybridized carbons (Fsp3) is 0.571. The van der Waals surface area contributed by atoms with Crippen molar-refractivity contribution < 1.29 is 4.79 Å². The number of hydrogen-bond donors (Lipinski definition) is 0. The van der Waals surface area contributed by atoms with Gasteiger partial charge in [-0.3, -0.25) is 4.79 Å². The van der Waals surface area contributed by atoms with E-state index in [4.69, 9.17) is 0 Å². The Morgan fingerprint density at radius 3 is 2.22 bits per heavy atom. The third-order valence-corrected chi connectivity index (χ3v) is 1.71. The molecule has 0 aromatic rings. The summed E-state index contributed by atoms with van der Waals surface area (Å²) in [5, 5.41) is 0.587. The quantitative estimate of drug-likeness (QED) is 0.493. The van der Waals surface area contributed by atoms with Crippen molar-refractivity contribution in [2.75, 3.05) is 5.33 Å². The zero-order chi connectivity index (χ0) is 7.44. The number of Topliss-reactive ketones (excluding diaryl/α,β-unsaturated/α-hetero) is 1. The van der Waals surface area contributed by atoms with Gasteiger partial charge >= 0.3 is 0 Å². The van der Waals surface area contributed by atoms with Gasteiger partial charge in [-0.05, 0) is 5.57 Å². The molecule has 9 heavy (non-hydrogen) atoms. The lowest BCUT2D eigenvalue weighted by atomic mass is 10.0. The van der Waals surface area contributed by atoms with Crippen LogP contribution in [0.15, 0.2) is 12.2 Å². The number of halogens is 1. The predicted molar refractivity (Wildman–Crippen MR) is 42.8 cm³/mol. The molecule has 0 atom stereocenters. The first-order chi connectivity index (χ1) is 4.09. The van der Waals surface area contributed by atoms with E-state index in [1.54, 1.807) is 0 Å². The molecule has 0 spiro atoms. The maximum Gasteiger partial charge on any atom is 0.161 e. The highest BCUT2D eigenvalue weighted by atomic mass is 79.9. The van der Waals surface area contributed by atoms with Crippen LogP contribution >= 0.6 is 15.9 Å². The van der Waals surface area contributed by atoms with E-state index < -0.39 is 0 Å². The molecule has 0 aliphatic rings. The van der Waals surface area contributed by atoms with Crippen LogP contribution in [-0.2, 0) is 4.79 Å². The molecule has 0 aromatic carbocycles. The molecule has 1 nitrogen and oxygen atoms in total. The molecule has 0 saturated carbocycles. The third kappa shape index (κ3) is 2.80. The fourth-order valence-corrected chi connectivity index (χ4v) is 0.750. The first-order valence-corrected chi connectivity index (χ1v) is 3.99. The summed E-state index contributed by atoms with van der Waals surface area (Å²) in [5.41, 5.74) is 0.657. The van der Waals surface area contributed by atoms with E-state index in [2.05, 4.69) is 22.5 Å². The van der Waals surface area contributed by atoms with Crippen LogP contribution in [-0.4, -0.2) is 11.1 Å². The molecule has 52 valence electrons. The Bertz CT molecular complexity index is 127. The van der Waals surface area contributed by atoms with Crippen LogP contribution in [0, 0.1) is 5.92 Å². The van der Waals surface area contributed by atoms with Crippen LogP contribution in [0.5, 0.6) is 0 Å². The third-order valence-electron chi connectivity index (χ3n) is 1.03. The minimum atomic E-state index is 0.0787. The molecule has 0 radical (unpaired) electrons. The SMILES string of the molecule is C=C(CBr)C(=O)C(C)C. The van der Waals surface area contributed by atoms with Crippen molar-refractivity contribution in [1.82, 2.24) is 0 Å². The molecule has 0 aromatic heterocycles. The van der Waals surface area contributed by atoms with Crippen molar-refractivity contribution in [2.45, 2.75) is 13.8 Å². The van der Waals surface area contributed by atoms with Crippen molar-refractivity contribution in [1.29, 1.82) is 0 Å². The normalized spacial score (nSPS) is 9.78. The monoisotopic (exact) mass is 190 g/mol. The molecular formula is C7H11BrO. The maximum atomic E-state index is 10.9. The lowest BCUT2D eigenvalue weighted by molar-refractivity contribution is -0.118. The van der Waals surface area contributed by atoms with Crippen LogP contribution in [0.25, 0.3) is 0 Å². The van der Waals surface area contributed by atoms with Crippen molar-refractivity contribution in [3.05, 3.63) is 12.2 Å². The maximum absolute atomic E-state index is 10.9. The number of alkyl halides is 1. The van der Waals surface area contributed by atoms with Crippen LogP contribution < -0.4 is 0 Å². The number of hydrogen-bond acceptors (Lipinski definition) is 1. The van der Waals surface area contributed by atoms with Gasteiger partial charge in [-0.2, -0.15) is 0 Å². The van der Waals surface area contributed by atoms with Gasteiger partial charge in [0, 0.05) is 11.2 Å². The minimum Gasteiger partial charge on any atom is -0.294 e. The summed E-state index contributed by atoms with van der Waals surface area (Å²) in [5.74, 6) is 0.224. The second-order valence-corrected chi connectivity index (χ2v) is 2.82. The van der Waals surface area contributed by atoms with Gasteiger partial charge in [-0.15, -0.1) is 0 Å². The number of allylic oxidation sites excluding steroid dienone is 1. The fourth-order valence-electron chi connectivity index (χ4n) is 0.474. The predicted octanol–water partition coefficient (Wildman–Crippen LogP) is 2.16. The topological polar surface area (TPSA) is 17.1 Å². The standard InChI is InChI=1S/C7H11BrO/c1-5(2)7(9)6(3)4-8/h5H,3-4H2,1-2H3. The summed E-state index contributed by atoms with van der Waals surface area (Å²) in [6.45, 7) is 7.34. The minimum absolute atomic E-state index is 0.0787. The van der Waals surface area contributed by atoms with Gasteiger partial charge in [0.05, 0.1) is 0 Å². The van der Waals surface area contributed by atoms with Crippen molar-refractivity contribution >= 4 is 21.7 Å². The molecule has 0 fully saturated rings. The van der Waals surface area contributed by atoms with Gasteiger partial charge < -0.3 is 0 Å². The lowest BCUT2D eigenvalue weighted by Gasteiger charge is -2.02. The van der Waals surface area contributed by atoms with Gasteiger partial charge in [0.1, 0.15) is 0 Å². The van der Waals surface area contributed by atoms with E-state index >= 15 is 0 Å². The second-order valence-electron chi connectivity index (χ2n) is 2.26. The van der Waals surface area contributed by atoms with E-state index in [0.717, 1.165) is 0 Å². The number of ketones is 1. The van der Waals surface area contributed by atoms with E-state index in [-0.39, 0.29) is 11.7 Å². The van der Waals surface area contributed by atoms with Crippen LogP contribution in [0.3, 0.4) is 0 Å². The lowest BCUT2D eigenvalue weighted by Crippen LogP contribution is -2.09. The van der Waals surface area contributed by atoms with Crippen molar-refractivity contribution in [2.24, 2.45) is 5.92 Å². The molecule has 0 N–H and O–H groups in total. The molecule has 0 rings (SSSR count). The Morgan fingerprint density at radius 2 is 2.11 bits per heavy atom. The van der Waals surface area contributed by atoms with Crippen LogP contribution in [0.4, 0.5) is 0 Å². The average molecular weight is 191 g/mol. The number of rotatable bonds is 3. The molecule has 0 heterocycles. The summed E-state index contributed by atoms with van der Waals surface area (Å²) in [4.78, 5) is 10.9. The Hall–Kier alpha value is -0.110. The first kappa shape index (κ1) is 8.89. The summed E-state index contributed by atoms with van der Waals surface area (Å²) < 4.78 is 0. The van der Waals surface area contributed by atoms with Crippen LogP contribution in [0.2, 0.25) is 0 Å². The van der Waals surface area contributed by atoms with Gasteiger partial charge in [-0.1, -0.05) is 36.4 Å². The number of carbonyl (C=O) groups is 1. The highest BCUT2D eigenvalue weighted by molar-refractivity contribution is 9.09. The number of carbonyl (C=O) groups excluding carboxylic acids is 1. The van der Waals surface area contributed by atoms with Crippen molar-refractivity contribution in [3.63, 3.8) is 0 Å². The Labute approximate surface area is 64.3 Å². The smallest absolute Gasteiger partial charge is 0.161 e. The summed E-state index contributed by atoms with van der Waals surface area (Å²) in [7, 11) is 0. The molecule has 0 aliphatic heterocycles. The molecule has 0 amide bonds. The van der Waals surface area contributed by atoms with E-state index in [9.17, 15) is 4.79 Å². The Balaban J connectivity index is 3.89. The Morgan fingerprint density at radius 1 is 1.67 bits per heavy atom. The van der Waals surface area contributed by atoms with E-state index in [1.165, 1.54) is 0 Å². The molecule has 0 bridgehead atoms. The van der Waals surface area contributed by atoms with Crippen molar-refractivity contribution in [3.8, 4) is 0 Å². The highest BCUT2D eigenvalue weighted by Gasteiger charge is 2.08. The van der Waals surface area contributed by atoms with Gasteiger partial charge in [-0.25, -0.2) is 0 Å². The second kappa shape index (κ2) is 3.83. The average Bonchev–Trinajstić information content (AvgIpc) is 1.84. The summed E-state index contributed by atoms with van der Waals surface area (Å²) in [6.07, 6.45) is 0. The Kier molecular flexibility index (Phi) is 3.78. The van der Waals surface area contributed by atoms with E-state index in [1.807, 2.05) is 13.8 Å². The van der Waals surface area contributed by atoms with Gasteiger partial charge in [0.15, 0.2) is 5.78 Å². The zero-order valence-electron chi connectivity index (χ0n) is 5.78. The van der Waals surface area contributed by atoms with Gasteiger partial charge in [0.25, 0.3) is 0 Å². The molecule has 2 heteroatoms. The zero-order valence-corrected chi connectivity index (χ0v) is 7.36. The van der Waals surface area contributed by atoms with E-state index in [0.29, 0.717) is 10.9 Å². The molecule has 0 aliphatic carbocycles. The summed E-state index contributed by atoms with van der Waals surface area (Å²) >= 11 is 3.16. The molecular weight excluding hydrogens is 180 g/mol. The van der Waals surface area contributed by atoms with Gasteiger partial charge in [0.2, 0.25) is 0 Å². The highest BCUT2D eigenvalue weighted by Crippen LogP contribution is 2.05. The molecule has 0 unspecified atom stereocenters. The first-order valence-electron chi connectivity index (χ1n) is 2.87. The summed E-state index contributed by atoms with van der Waals surface area (Å²) in [6, 6.07) is 0. The van der Waals surface area contributed by atoms with Crippen LogP contribution in [0.1, 0.15) is 13.8 Å².